The summed E-state index contributed by atoms with van der Waals surface area (Å²) in [4.78, 5) is 4.20. The number of rotatable bonds is 3. The maximum absolute atomic E-state index is 10.2. The third-order valence-electron chi connectivity index (χ3n) is 2.81. The van der Waals surface area contributed by atoms with E-state index < -0.39 is 5.60 Å². The first-order valence-corrected chi connectivity index (χ1v) is 6.24. The quantitative estimate of drug-likeness (QED) is 0.772. The number of pyridine rings is 1. The standard InChI is InChI=1S/C11H16N2OS/c12-9-4-3-7-13-10(9)15-8-11(14)5-1-2-6-11/h3-4,7,14H,1-2,5-6,8,12H2. The van der Waals surface area contributed by atoms with Crippen LogP contribution < -0.4 is 5.73 Å². The molecule has 0 amide bonds. The van der Waals surface area contributed by atoms with E-state index in [9.17, 15) is 5.11 Å². The molecule has 0 atom stereocenters. The van der Waals surface area contributed by atoms with Crippen LogP contribution in [0.2, 0.25) is 0 Å². The highest BCUT2D eigenvalue weighted by Crippen LogP contribution is 2.35. The van der Waals surface area contributed by atoms with Crippen LogP contribution in [0.5, 0.6) is 0 Å². The summed E-state index contributed by atoms with van der Waals surface area (Å²) in [6, 6.07) is 3.66. The second-order valence-corrected chi connectivity index (χ2v) is 5.08. The number of hydrogen-bond acceptors (Lipinski definition) is 4. The molecule has 0 aliphatic heterocycles. The highest BCUT2D eigenvalue weighted by atomic mass is 32.2. The predicted molar refractivity (Wildman–Crippen MR) is 62.8 cm³/mol. The molecule has 0 saturated heterocycles. The van der Waals surface area contributed by atoms with Crippen molar-refractivity contribution >= 4 is 17.4 Å². The summed E-state index contributed by atoms with van der Waals surface area (Å²) < 4.78 is 0. The molecule has 0 unspecified atom stereocenters. The molecule has 0 bridgehead atoms. The average Bonchev–Trinajstić information content (AvgIpc) is 2.65. The fraction of sp³-hybridized carbons (Fsp3) is 0.545. The van der Waals surface area contributed by atoms with Gasteiger partial charge in [-0.1, -0.05) is 12.8 Å². The summed E-state index contributed by atoms with van der Waals surface area (Å²) in [5.74, 6) is 0.703. The van der Waals surface area contributed by atoms with E-state index in [0.717, 1.165) is 30.7 Å². The summed E-state index contributed by atoms with van der Waals surface area (Å²) in [7, 11) is 0. The Morgan fingerprint density at radius 3 is 2.87 bits per heavy atom. The van der Waals surface area contributed by atoms with Crippen molar-refractivity contribution in [2.24, 2.45) is 0 Å². The van der Waals surface area contributed by atoms with Crippen molar-refractivity contribution in [3.05, 3.63) is 18.3 Å². The van der Waals surface area contributed by atoms with Gasteiger partial charge in [0.1, 0.15) is 5.03 Å². The van der Waals surface area contributed by atoms with Crippen LogP contribution in [0, 0.1) is 0 Å². The molecule has 0 aromatic carbocycles. The molecule has 1 heterocycles. The van der Waals surface area contributed by atoms with Crippen LogP contribution in [0.4, 0.5) is 5.69 Å². The molecule has 3 N–H and O–H groups in total. The Morgan fingerprint density at radius 1 is 1.47 bits per heavy atom. The van der Waals surface area contributed by atoms with Gasteiger partial charge in [0, 0.05) is 11.9 Å². The minimum atomic E-state index is -0.491. The van der Waals surface area contributed by atoms with Crippen LogP contribution >= 0.6 is 11.8 Å². The Labute approximate surface area is 94.1 Å². The molecule has 82 valence electrons. The zero-order valence-electron chi connectivity index (χ0n) is 8.65. The van der Waals surface area contributed by atoms with Gasteiger partial charge >= 0.3 is 0 Å². The fourth-order valence-electron chi connectivity index (χ4n) is 1.90. The monoisotopic (exact) mass is 224 g/mol. The predicted octanol–water partition coefficient (Wildman–Crippen LogP) is 2.06. The van der Waals surface area contributed by atoms with Crippen molar-refractivity contribution in [1.82, 2.24) is 4.98 Å². The maximum Gasteiger partial charge on any atom is 0.119 e. The number of thioether (sulfide) groups is 1. The normalized spacial score (nSPS) is 19.3. The second kappa shape index (κ2) is 4.41. The zero-order valence-corrected chi connectivity index (χ0v) is 9.46. The summed E-state index contributed by atoms with van der Waals surface area (Å²) in [5.41, 5.74) is 5.99. The van der Waals surface area contributed by atoms with E-state index in [2.05, 4.69) is 4.98 Å². The smallest absolute Gasteiger partial charge is 0.119 e. The molecule has 1 aliphatic rings. The van der Waals surface area contributed by atoms with E-state index in [1.54, 1.807) is 18.0 Å². The number of anilines is 1. The first-order chi connectivity index (χ1) is 7.20. The van der Waals surface area contributed by atoms with Crippen molar-refractivity contribution < 1.29 is 5.11 Å². The van der Waals surface area contributed by atoms with E-state index in [1.807, 2.05) is 12.1 Å². The molecule has 1 aromatic rings. The van der Waals surface area contributed by atoms with Gasteiger partial charge in [0.15, 0.2) is 0 Å². The van der Waals surface area contributed by atoms with E-state index in [0.29, 0.717) is 11.4 Å². The average molecular weight is 224 g/mol. The third-order valence-corrected chi connectivity index (χ3v) is 4.11. The lowest BCUT2D eigenvalue weighted by Crippen LogP contribution is -2.27. The molecular weight excluding hydrogens is 208 g/mol. The Kier molecular flexibility index (Phi) is 3.17. The van der Waals surface area contributed by atoms with Crippen LogP contribution in [0.1, 0.15) is 25.7 Å². The van der Waals surface area contributed by atoms with Crippen molar-refractivity contribution in [2.45, 2.75) is 36.3 Å². The van der Waals surface area contributed by atoms with Crippen molar-refractivity contribution in [3.63, 3.8) is 0 Å². The van der Waals surface area contributed by atoms with Crippen LogP contribution in [0.25, 0.3) is 0 Å². The topological polar surface area (TPSA) is 59.1 Å². The Bertz CT molecular complexity index is 337. The summed E-state index contributed by atoms with van der Waals surface area (Å²) in [5, 5.41) is 11.0. The first-order valence-electron chi connectivity index (χ1n) is 5.25. The molecular formula is C11H16N2OS. The Balaban J connectivity index is 1.95. The van der Waals surface area contributed by atoms with Crippen molar-refractivity contribution in [1.29, 1.82) is 0 Å². The van der Waals surface area contributed by atoms with Gasteiger partial charge in [-0.2, -0.15) is 0 Å². The van der Waals surface area contributed by atoms with E-state index in [-0.39, 0.29) is 0 Å². The molecule has 1 saturated carbocycles. The maximum atomic E-state index is 10.2. The molecule has 1 aliphatic carbocycles. The molecule has 2 rings (SSSR count). The Hall–Kier alpha value is -0.740. The minimum Gasteiger partial charge on any atom is -0.397 e. The minimum absolute atomic E-state index is 0.491. The van der Waals surface area contributed by atoms with Gasteiger partial charge in [-0.3, -0.25) is 0 Å². The highest BCUT2D eigenvalue weighted by molar-refractivity contribution is 7.99. The van der Waals surface area contributed by atoms with Crippen molar-refractivity contribution in [2.75, 3.05) is 11.5 Å². The van der Waals surface area contributed by atoms with Gasteiger partial charge in [-0.05, 0) is 25.0 Å². The van der Waals surface area contributed by atoms with Gasteiger partial charge in [0.25, 0.3) is 0 Å². The first kappa shape index (κ1) is 10.8. The molecule has 3 nitrogen and oxygen atoms in total. The largest absolute Gasteiger partial charge is 0.397 e. The van der Waals surface area contributed by atoms with Crippen LogP contribution in [0.3, 0.4) is 0 Å². The molecule has 0 spiro atoms. The third kappa shape index (κ3) is 2.63. The van der Waals surface area contributed by atoms with Crippen molar-refractivity contribution in [3.8, 4) is 0 Å². The SMILES string of the molecule is Nc1cccnc1SCC1(O)CCCC1. The number of nitrogens with two attached hydrogens (primary N) is 1. The number of aliphatic hydroxyl groups is 1. The summed E-state index contributed by atoms with van der Waals surface area (Å²) in [6.07, 6.45) is 5.82. The van der Waals surface area contributed by atoms with Gasteiger partial charge in [0.05, 0.1) is 11.3 Å². The molecule has 1 aromatic heterocycles. The lowest BCUT2D eigenvalue weighted by atomic mass is 10.1. The molecule has 1 fully saturated rings. The Morgan fingerprint density at radius 2 is 2.20 bits per heavy atom. The number of hydrogen-bond donors (Lipinski definition) is 2. The fourth-order valence-corrected chi connectivity index (χ4v) is 2.97. The van der Waals surface area contributed by atoms with E-state index >= 15 is 0 Å². The van der Waals surface area contributed by atoms with E-state index in [1.165, 1.54) is 0 Å². The lowest BCUT2D eigenvalue weighted by Gasteiger charge is -2.21. The van der Waals surface area contributed by atoms with Gasteiger partial charge in [0.2, 0.25) is 0 Å². The molecule has 15 heavy (non-hydrogen) atoms. The number of nitrogen functional groups attached to an aromatic ring is 1. The second-order valence-electron chi connectivity index (χ2n) is 4.12. The zero-order chi connectivity index (χ0) is 10.7. The number of aromatic nitrogens is 1. The van der Waals surface area contributed by atoms with Crippen LogP contribution in [0.15, 0.2) is 23.4 Å². The van der Waals surface area contributed by atoms with Gasteiger partial charge in [-0.25, -0.2) is 4.98 Å². The van der Waals surface area contributed by atoms with E-state index in [4.69, 9.17) is 5.73 Å². The lowest BCUT2D eigenvalue weighted by molar-refractivity contribution is 0.0732. The van der Waals surface area contributed by atoms with Gasteiger partial charge < -0.3 is 10.8 Å². The van der Waals surface area contributed by atoms with Crippen LogP contribution in [-0.4, -0.2) is 21.4 Å². The summed E-state index contributed by atoms with van der Waals surface area (Å²) in [6.45, 7) is 0. The van der Waals surface area contributed by atoms with Gasteiger partial charge in [-0.15, -0.1) is 11.8 Å². The number of nitrogens with zero attached hydrogens (tertiary/aromatic N) is 1. The summed E-state index contributed by atoms with van der Waals surface area (Å²) >= 11 is 1.56. The molecule has 0 radical (unpaired) electrons. The molecule has 4 heteroatoms. The highest BCUT2D eigenvalue weighted by Gasteiger charge is 2.31. The van der Waals surface area contributed by atoms with Crippen LogP contribution in [-0.2, 0) is 0 Å².